The number of amides is 2. The molecule has 8 heteroatoms. The molecule has 8 nitrogen and oxygen atoms in total. The topological polar surface area (TPSA) is 130 Å². The summed E-state index contributed by atoms with van der Waals surface area (Å²) in [7, 11) is 0. The molecular weight excluding hydrogens is 336 g/mol. The Balaban J connectivity index is 1.93. The van der Waals surface area contributed by atoms with E-state index in [-0.39, 0.29) is 37.1 Å². The van der Waals surface area contributed by atoms with Crippen LogP contribution in [0.4, 0.5) is 0 Å². The molecule has 0 saturated carbocycles. The lowest BCUT2D eigenvalue weighted by atomic mass is 10.1. The predicted octanol–water partition coefficient (Wildman–Crippen LogP) is 0.716. The number of benzene rings is 1. The molecule has 0 aliphatic carbocycles. The summed E-state index contributed by atoms with van der Waals surface area (Å²) in [5.41, 5.74) is 11.7. The van der Waals surface area contributed by atoms with Gasteiger partial charge in [-0.25, -0.2) is 4.98 Å². The number of hydrogen-bond acceptors (Lipinski definition) is 6. The summed E-state index contributed by atoms with van der Waals surface area (Å²) in [5, 5.41) is 4.22. The first-order chi connectivity index (χ1) is 12.3. The lowest BCUT2D eigenvalue weighted by Crippen LogP contribution is -2.41. The Morgan fingerprint density at radius 2 is 2.19 bits per heavy atom. The second-order valence-corrected chi connectivity index (χ2v) is 6.57. The number of hydrogen-bond donors (Lipinski definition) is 3. The minimum Gasteiger partial charge on any atom is -0.490 e. The maximum Gasteiger partial charge on any atom is 0.252 e. The van der Waals surface area contributed by atoms with Gasteiger partial charge in [0, 0.05) is 24.0 Å². The van der Waals surface area contributed by atoms with Crippen molar-refractivity contribution in [2.24, 2.45) is 11.5 Å². The number of nitrogens with two attached hydrogens (primary N) is 2. The van der Waals surface area contributed by atoms with E-state index in [0.717, 1.165) is 5.39 Å². The Morgan fingerprint density at radius 3 is 2.81 bits per heavy atom. The average Bonchev–Trinajstić information content (AvgIpc) is 2.89. The number of nitrogens with zero attached hydrogens (tertiary/aromatic N) is 1. The van der Waals surface area contributed by atoms with E-state index in [0.29, 0.717) is 22.6 Å². The molecule has 1 aliphatic rings. The highest BCUT2D eigenvalue weighted by Crippen LogP contribution is 2.31. The first-order valence-electron chi connectivity index (χ1n) is 8.42. The molecule has 0 spiro atoms. The van der Waals surface area contributed by atoms with Crippen molar-refractivity contribution in [1.82, 2.24) is 10.3 Å². The van der Waals surface area contributed by atoms with Crippen LogP contribution in [-0.2, 0) is 4.79 Å². The average molecular weight is 358 g/mol. The van der Waals surface area contributed by atoms with Crippen molar-refractivity contribution in [3.8, 4) is 11.6 Å². The third-order valence-corrected chi connectivity index (χ3v) is 4.14. The Labute approximate surface area is 150 Å². The number of nitrogens with one attached hydrogen (secondary N) is 1. The Bertz CT molecular complexity index is 852. The van der Waals surface area contributed by atoms with Crippen molar-refractivity contribution >= 4 is 22.6 Å². The van der Waals surface area contributed by atoms with Crippen LogP contribution in [0.5, 0.6) is 11.6 Å². The lowest BCUT2D eigenvalue weighted by molar-refractivity contribution is -0.119. The quantitative estimate of drug-likeness (QED) is 0.697. The van der Waals surface area contributed by atoms with Crippen LogP contribution in [0.3, 0.4) is 0 Å². The summed E-state index contributed by atoms with van der Waals surface area (Å²) in [4.78, 5) is 27.4. The normalized spacial score (nSPS) is 19.6. The first-order valence-corrected chi connectivity index (χ1v) is 8.42. The molecule has 1 aromatic carbocycles. The molecule has 2 aromatic rings. The zero-order valence-corrected chi connectivity index (χ0v) is 14.7. The standard InChI is InChI=1S/C18H22N4O4/c1-9(2)26-15-6-11-10(5-12(15)17(20)24)3-4-21-18(11)25-8-14-13(19)7-16(23)22-14/h3-6,9,13-14H,7-8,19H2,1-2H3,(H2,20,24)(H,22,23)/t13-,14?/m0/s1. The van der Waals surface area contributed by atoms with Gasteiger partial charge in [-0.05, 0) is 37.4 Å². The fourth-order valence-corrected chi connectivity index (χ4v) is 2.90. The molecule has 0 radical (unpaired) electrons. The summed E-state index contributed by atoms with van der Waals surface area (Å²) in [6.45, 7) is 3.93. The van der Waals surface area contributed by atoms with Crippen molar-refractivity contribution in [3.63, 3.8) is 0 Å². The highest BCUT2D eigenvalue weighted by atomic mass is 16.5. The highest BCUT2D eigenvalue weighted by molar-refractivity contribution is 6.01. The molecule has 0 bridgehead atoms. The van der Waals surface area contributed by atoms with E-state index in [2.05, 4.69) is 10.3 Å². The van der Waals surface area contributed by atoms with Gasteiger partial charge in [-0.3, -0.25) is 9.59 Å². The molecule has 3 rings (SSSR count). The highest BCUT2D eigenvalue weighted by Gasteiger charge is 2.30. The predicted molar refractivity (Wildman–Crippen MR) is 96.0 cm³/mol. The van der Waals surface area contributed by atoms with Crippen LogP contribution in [0, 0.1) is 0 Å². The molecule has 2 atom stereocenters. The van der Waals surface area contributed by atoms with Gasteiger partial charge in [0.2, 0.25) is 11.8 Å². The molecule has 138 valence electrons. The fourth-order valence-electron chi connectivity index (χ4n) is 2.90. The van der Waals surface area contributed by atoms with Gasteiger partial charge >= 0.3 is 0 Å². The maximum absolute atomic E-state index is 11.7. The second-order valence-electron chi connectivity index (χ2n) is 6.57. The van der Waals surface area contributed by atoms with Gasteiger partial charge in [0.05, 0.1) is 17.7 Å². The van der Waals surface area contributed by atoms with E-state index in [4.69, 9.17) is 20.9 Å². The smallest absolute Gasteiger partial charge is 0.252 e. The number of aromatic nitrogens is 1. The van der Waals surface area contributed by atoms with Crippen LogP contribution < -0.4 is 26.3 Å². The zero-order chi connectivity index (χ0) is 18.8. The number of rotatable bonds is 6. The largest absolute Gasteiger partial charge is 0.490 e. The first kappa shape index (κ1) is 17.9. The van der Waals surface area contributed by atoms with Crippen molar-refractivity contribution in [2.75, 3.05) is 6.61 Å². The third kappa shape index (κ3) is 3.70. The van der Waals surface area contributed by atoms with Crippen LogP contribution in [-0.4, -0.2) is 41.6 Å². The zero-order valence-electron chi connectivity index (χ0n) is 14.7. The van der Waals surface area contributed by atoms with Crippen LogP contribution in [0.15, 0.2) is 24.4 Å². The molecule has 1 aromatic heterocycles. The molecule has 1 unspecified atom stereocenters. The van der Waals surface area contributed by atoms with Gasteiger partial charge in [0.25, 0.3) is 5.91 Å². The van der Waals surface area contributed by atoms with Crippen molar-refractivity contribution in [3.05, 3.63) is 30.0 Å². The molecule has 26 heavy (non-hydrogen) atoms. The van der Waals surface area contributed by atoms with E-state index < -0.39 is 5.91 Å². The molecular formula is C18H22N4O4. The molecule has 1 fully saturated rings. The van der Waals surface area contributed by atoms with Gasteiger partial charge in [-0.1, -0.05) is 0 Å². The number of carbonyl (C=O) groups is 2. The van der Waals surface area contributed by atoms with Gasteiger partial charge in [0.15, 0.2) is 0 Å². The maximum atomic E-state index is 11.7. The molecule has 2 heterocycles. The number of primary amides is 1. The van der Waals surface area contributed by atoms with Crippen LogP contribution in [0.25, 0.3) is 10.8 Å². The van der Waals surface area contributed by atoms with Crippen molar-refractivity contribution in [2.45, 2.75) is 38.5 Å². The lowest BCUT2D eigenvalue weighted by Gasteiger charge is -2.17. The Kier molecular flexibility index (Phi) is 4.94. The van der Waals surface area contributed by atoms with Crippen LogP contribution in [0.1, 0.15) is 30.6 Å². The van der Waals surface area contributed by atoms with Crippen molar-refractivity contribution < 1.29 is 19.1 Å². The number of pyridine rings is 1. The van der Waals surface area contributed by atoms with Crippen molar-refractivity contribution in [1.29, 1.82) is 0 Å². The minimum atomic E-state index is -0.568. The van der Waals surface area contributed by atoms with Gasteiger partial charge < -0.3 is 26.3 Å². The second kappa shape index (κ2) is 7.17. The van der Waals surface area contributed by atoms with E-state index in [1.165, 1.54) is 0 Å². The summed E-state index contributed by atoms with van der Waals surface area (Å²) in [6, 6.07) is 4.56. The number of fused-ring (bicyclic) bond motifs is 1. The minimum absolute atomic E-state index is 0.0873. The summed E-state index contributed by atoms with van der Waals surface area (Å²) in [5.74, 6) is 0.0985. The van der Waals surface area contributed by atoms with Crippen LogP contribution >= 0.6 is 0 Å². The summed E-state index contributed by atoms with van der Waals surface area (Å²) in [6.07, 6.45) is 1.74. The number of carbonyl (C=O) groups excluding carboxylic acids is 2. The Morgan fingerprint density at radius 1 is 1.42 bits per heavy atom. The van der Waals surface area contributed by atoms with E-state index in [1.54, 1.807) is 24.4 Å². The van der Waals surface area contributed by atoms with Gasteiger partial charge in [-0.15, -0.1) is 0 Å². The molecule has 1 saturated heterocycles. The van der Waals surface area contributed by atoms with E-state index >= 15 is 0 Å². The van der Waals surface area contributed by atoms with Crippen LogP contribution in [0.2, 0.25) is 0 Å². The Hall–Kier alpha value is -2.87. The SMILES string of the molecule is CC(C)Oc1cc2c(OCC3NC(=O)C[C@@H]3N)nccc2cc1C(N)=O. The third-order valence-electron chi connectivity index (χ3n) is 4.14. The van der Waals surface area contributed by atoms with Gasteiger partial charge in [-0.2, -0.15) is 0 Å². The number of ether oxygens (including phenoxy) is 2. The fraction of sp³-hybridized carbons (Fsp3) is 0.389. The molecule has 5 N–H and O–H groups in total. The van der Waals surface area contributed by atoms with E-state index in [9.17, 15) is 9.59 Å². The van der Waals surface area contributed by atoms with Gasteiger partial charge in [0.1, 0.15) is 12.4 Å². The summed E-state index contributed by atoms with van der Waals surface area (Å²) < 4.78 is 11.5. The molecule has 2 amide bonds. The van der Waals surface area contributed by atoms with E-state index in [1.807, 2.05) is 13.8 Å². The monoisotopic (exact) mass is 358 g/mol. The summed E-state index contributed by atoms with van der Waals surface area (Å²) >= 11 is 0. The molecule has 1 aliphatic heterocycles.